The van der Waals surface area contributed by atoms with Gasteiger partial charge in [-0.15, -0.1) is 0 Å². The van der Waals surface area contributed by atoms with Crippen LogP contribution in [0.2, 0.25) is 0 Å². The molecule has 2 rings (SSSR count). The molecule has 0 radical (unpaired) electrons. The Bertz CT molecular complexity index is 643. The van der Waals surface area contributed by atoms with E-state index in [9.17, 15) is 0 Å². The highest BCUT2D eigenvalue weighted by molar-refractivity contribution is 5.45. The number of hydrogen-bond acceptors (Lipinski definition) is 10. The highest BCUT2D eigenvalue weighted by atomic mass is 16.5. The van der Waals surface area contributed by atoms with Crippen LogP contribution in [0.25, 0.3) is 0 Å². The van der Waals surface area contributed by atoms with Crippen LogP contribution in [0.3, 0.4) is 0 Å². The van der Waals surface area contributed by atoms with Crippen molar-refractivity contribution < 1.29 is 14.9 Å². The summed E-state index contributed by atoms with van der Waals surface area (Å²) in [6.07, 6.45) is 4.03. The highest BCUT2D eigenvalue weighted by Crippen LogP contribution is 2.33. The molecule has 184 valence electrons. The van der Waals surface area contributed by atoms with Gasteiger partial charge in [0.25, 0.3) is 0 Å². The second-order valence-corrected chi connectivity index (χ2v) is 9.79. The molecule has 0 spiro atoms. The predicted octanol–water partition coefficient (Wildman–Crippen LogP) is 1.61. The zero-order chi connectivity index (χ0) is 23.6. The molecular formula is C22H43N7O3. The predicted molar refractivity (Wildman–Crippen MR) is 128 cm³/mol. The Hall–Kier alpha value is -1.75. The van der Waals surface area contributed by atoms with Crippen LogP contribution in [0.15, 0.2) is 0 Å². The molecule has 1 aliphatic heterocycles. The van der Waals surface area contributed by atoms with Gasteiger partial charge >= 0.3 is 0 Å². The molecule has 1 fully saturated rings. The Morgan fingerprint density at radius 1 is 0.938 bits per heavy atom. The number of piperidine rings is 1. The van der Waals surface area contributed by atoms with Crippen molar-refractivity contribution in [3.8, 4) is 0 Å². The lowest BCUT2D eigenvalue weighted by atomic mass is 9.79. The monoisotopic (exact) mass is 453 g/mol. The first-order valence-electron chi connectivity index (χ1n) is 11.7. The molecule has 0 bridgehead atoms. The van der Waals surface area contributed by atoms with Gasteiger partial charge in [-0.25, -0.2) is 0 Å². The number of nitrogens with one attached hydrogen (secondary N) is 3. The van der Waals surface area contributed by atoms with E-state index in [1.54, 1.807) is 7.11 Å². The summed E-state index contributed by atoms with van der Waals surface area (Å²) in [6.45, 7) is 11.8. The molecular weight excluding hydrogens is 410 g/mol. The van der Waals surface area contributed by atoms with Crippen molar-refractivity contribution in [1.82, 2.24) is 20.3 Å². The van der Waals surface area contributed by atoms with Crippen molar-refractivity contribution in [3.63, 3.8) is 0 Å². The van der Waals surface area contributed by atoms with Crippen LogP contribution < -0.4 is 20.9 Å². The fourth-order valence-electron chi connectivity index (χ4n) is 4.52. The van der Waals surface area contributed by atoms with E-state index in [0.717, 1.165) is 25.8 Å². The fraction of sp³-hybridized carbons (Fsp3) is 0.864. The van der Waals surface area contributed by atoms with E-state index in [4.69, 9.17) is 24.9 Å². The minimum Gasteiger partial charge on any atom is -0.396 e. The van der Waals surface area contributed by atoms with Gasteiger partial charge in [0.05, 0.1) is 0 Å². The number of hydrogen-bond donors (Lipinski definition) is 5. The number of anilines is 3. The van der Waals surface area contributed by atoms with Gasteiger partial charge in [0, 0.05) is 63.7 Å². The molecule has 0 aliphatic carbocycles. The van der Waals surface area contributed by atoms with Crippen molar-refractivity contribution in [2.24, 2.45) is 0 Å². The Morgan fingerprint density at radius 3 is 1.94 bits per heavy atom. The maximum absolute atomic E-state index is 9.12. The molecule has 1 aliphatic rings. The summed E-state index contributed by atoms with van der Waals surface area (Å²) in [5, 5.41) is 28.4. The molecule has 1 saturated heterocycles. The lowest BCUT2D eigenvalue weighted by molar-refractivity contribution is 0.154. The Labute approximate surface area is 192 Å². The van der Waals surface area contributed by atoms with Gasteiger partial charge in [0.15, 0.2) is 0 Å². The first-order chi connectivity index (χ1) is 15.2. The number of rotatable bonds is 14. The minimum atomic E-state index is -0.0106. The van der Waals surface area contributed by atoms with Crippen LogP contribution in [-0.4, -0.2) is 88.8 Å². The molecule has 0 atom stereocenters. The third-order valence-electron chi connectivity index (χ3n) is 5.47. The molecule has 0 unspecified atom stereocenters. The van der Waals surface area contributed by atoms with Gasteiger partial charge in [0.1, 0.15) is 0 Å². The molecule has 0 amide bonds. The van der Waals surface area contributed by atoms with Crippen LogP contribution in [-0.2, 0) is 4.74 Å². The molecule has 2 heterocycles. The van der Waals surface area contributed by atoms with Crippen LogP contribution in [0.5, 0.6) is 0 Å². The first kappa shape index (κ1) is 26.5. The minimum absolute atomic E-state index is 0.0106. The van der Waals surface area contributed by atoms with Gasteiger partial charge in [-0.3, -0.25) is 0 Å². The van der Waals surface area contributed by atoms with Crippen LogP contribution in [0.4, 0.5) is 17.8 Å². The second kappa shape index (κ2) is 12.5. The van der Waals surface area contributed by atoms with Crippen molar-refractivity contribution in [2.45, 2.75) is 76.9 Å². The number of ether oxygens (including phenoxy) is 1. The van der Waals surface area contributed by atoms with E-state index >= 15 is 0 Å². The molecule has 10 heteroatoms. The summed E-state index contributed by atoms with van der Waals surface area (Å²) in [7, 11) is 1.72. The number of aromatic nitrogens is 3. The second-order valence-electron chi connectivity index (χ2n) is 9.79. The summed E-state index contributed by atoms with van der Waals surface area (Å²) < 4.78 is 5.31. The van der Waals surface area contributed by atoms with Gasteiger partial charge < -0.3 is 35.8 Å². The Morgan fingerprint density at radius 2 is 1.47 bits per heavy atom. The van der Waals surface area contributed by atoms with Gasteiger partial charge in [0.2, 0.25) is 17.8 Å². The quantitative estimate of drug-likeness (QED) is 0.265. The largest absolute Gasteiger partial charge is 0.396 e. The topological polar surface area (TPSA) is 128 Å². The molecule has 32 heavy (non-hydrogen) atoms. The van der Waals surface area contributed by atoms with E-state index in [2.05, 4.69) is 53.5 Å². The first-order valence-corrected chi connectivity index (χ1v) is 11.7. The summed E-state index contributed by atoms with van der Waals surface area (Å²) in [5.74, 6) is 1.60. The summed E-state index contributed by atoms with van der Waals surface area (Å²) >= 11 is 0. The lowest BCUT2D eigenvalue weighted by Gasteiger charge is -2.49. The smallest absolute Gasteiger partial charge is 0.232 e. The van der Waals surface area contributed by atoms with E-state index in [1.165, 1.54) is 0 Å². The number of methoxy groups -OCH3 is 1. The van der Waals surface area contributed by atoms with Gasteiger partial charge in [-0.2, -0.15) is 15.0 Å². The van der Waals surface area contributed by atoms with Crippen LogP contribution in [0.1, 0.15) is 59.8 Å². The van der Waals surface area contributed by atoms with E-state index in [-0.39, 0.29) is 30.3 Å². The third-order valence-corrected chi connectivity index (χ3v) is 5.47. The van der Waals surface area contributed by atoms with E-state index < -0.39 is 0 Å². The number of aliphatic hydroxyl groups excluding tert-OH is 2. The SMILES string of the molecule is COCCCN(c1nc(NCCCO)nc(NCCCO)n1)C1CC(C)(C)NC(C)(C)C1. The maximum atomic E-state index is 9.12. The van der Waals surface area contributed by atoms with Crippen molar-refractivity contribution in [3.05, 3.63) is 0 Å². The van der Waals surface area contributed by atoms with Crippen molar-refractivity contribution in [1.29, 1.82) is 0 Å². The highest BCUT2D eigenvalue weighted by Gasteiger charge is 2.40. The fourth-order valence-corrected chi connectivity index (χ4v) is 4.52. The normalized spacial score (nSPS) is 17.8. The average Bonchev–Trinajstić information content (AvgIpc) is 2.69. The summed E-state index contributed by atoms with van der Waals surface area (Å²) in [5.41, 5.74) is -0.0211. The van der Waals surface area contributed by atoms with Crippen molar-refractivity contribution in [2.75, 3.05) is 62.1 Å². The Kier molecular flexibility index (Phi) is 10.3. The standard InChI is InChI=1S/C22H43N7O3/c1-21(2)15-17(16-22(3,4)28-21)29(11-8-14-32-5)20-26-18(23-9-6-12-30)25-19(27-20)24-10-7-13-31/h17,28,30-31H,6-16H2,1-5H3,(H2,23,24,25,26,27). The Balaban J connectivity index is 2.36. The van der Waals surface area contributed by atoms with Gasteiger partial charge in [-0.1, -0.05) is 0 Å². The molecule has 1 aromatic rings. The summed E-state index contributed by atoms with van der Waals surface area (Å²) in [4.78, 5) is 16.3. The zero-order valence-electron chi connectivity index (χ0n) is 20.4. The molecule has 0 aromatic carbocycles. The molecule has 1 aromatic heterocycles. The third kappa shape index (κ3) is 8.65. The zero-order valence-corrected chi connectivity index (χ0v) is 20.4. The van der Waals surface area contributed by atoms with Crippen LogP contribution >= 0.6 is 0 Å². The lowest BCUT2D eigenvalue weighted by Crippen LogP contribution is -2.62. The molecule has 5 N–H and O–H groups in total. The van der Waals surface area contributed by atoms with Gasteiger partial charge in [-0.05, 0) is 59.8 Å². The maximum Gasteiger partial charge on any atom is 0.232 e. The number of aliphatic hydroxyl groups is 2. The number of nitrogens with zero attached hydrogens (tertiary/aromatic N) is 4. The van der Waals surface area contributed by atoms with Crippen molar-refractivity contribution >= 4 is 17.8 Å². The molecule has 0 saturated carbocycles. The average molecular weight is 454 g/mol. The van der Waals surface area contributed by atoms with E-state index in [0.29, 0.717) is 50.4 Å². The summed E-state index contributed by atoms with van der Waals surface area (Å²) in [6, 6.07) is 0.260. The van der Waals surface area contributed by atoms with E-state index in [1.807, 2.05) is 0 Å². The van der Waals surface area contributed by atoms with Crippen LogP contribution in [0, 0.1) is 0 Å². The molecule has 10 nitrogen and oxygen atoms in total.